The second-order valence-electron chi connectivity index (χ2n) is 5.15. The molecule has 0 radical (unpaired) electrons. The third-order valence-electron chi connectivity index (χ3n) is 3.32. The summed E-state index contributed by atoms with van der Waals surface area (Å²) in [6.45, 7) is 14.1. The molecule has 1 aliphatic rings. The summed E-state index contributed by atoms with van der Waals surface area (Å²) in [5.41, 5.74) is 0. The van der Waals surface area contributed by atoms with Gasteiger partial charge < -0.3 is 5.32 Å². The van der Waals surface area contributed by atoms with Gasteiger partial charge in [0.2, 0.25) is 0 Å². The van der Waals surface area contributed by atoms with E-state index in [9.17, 15) is 0 Å². The fraction of sp³-hybridized carbons (Fsp3) is 0.846. The Hall–Kier alpha value is 0.140. The molecule has 2 nitrogen and oxygen atoms in total. The van der Waals surface area contributed by atoms with Crippen molar-refractivity contribution in [3.05, 3.63) is 11.1 Å². The highest BCUT2D eigenvalue weighted by Crippen LogP contribution is 2.19. The van der Waals surface area contributed by atoms with Crippen LogP contribution in [-0.2, 0) is 0 Å². The van der Waals surface area contributed by atoms with E-state index in [1.165, 1.54) is 12.8 Å². The van der Waals surface area contributed by atoms with Gasteiger partial charge in [-0.2, -0.15) is 0 Å². The van der Waals surface area contributed by atoms with Gasteiger partial charge in [-0.1, -0.05) is 49.7 Å². The van der Waals surface area contributed by atoms with E-state index in [-0.39, 0.29) is 0 Å². The number of nitrogens with one attached hydrogen (secondary N) is 1. The van der Waals surface area contributed by atoms with E-state index in [2.05, 4.69) is 53.5 Å². The summed E-state index contributed by atoms with van der Waals surface area (Å²) in [5, 5.41) is 3.67. The summed E-state index contributed by atoms with van der Waals surface area (Å²) in [6.07, 6.45) is 2.53. The first-order valence-electron chi connectivity index (χ1n) is 6.35. The van der Waals surface area contributed by atoms with Gasteiger partial charge in [0, 0.05) is 36.2 Å². The van der Waals surface area contributed by atoms with Gasteiger partial charge in [-0.15, -0.1) is 0 Å². The zero-order chi connectivity index (χ0) is 12.1. The van der Waals surface area contributed by atoms with Gasteiger partial charge >= 0.3 is 0 Å². The lowest BCUT2D eigenvalue weighted by atomic mass is 9.97. The molecule has 2 atom stereocenters. The van der Waals surface area contributed by atoms with Crippen molar-refractivity contribution in [3.8, 4) is 0 Å². The number of piperazine rings is 1. The molecule has 0 aromatic rings. The Labute approximate surface area is 109 Å². The van der Waals surface area contributed by atoms with Crippen LogP contribution in [0.2, 0.25) is 0 Å². The van der Waals surface area contributed by atoms with E-state index in [4.69, 9.17) is 0 Å². The van der Waals surface area contributed by atoms with Crippen molar-refractivity contribution >= 4 is 15.9 Å². The van der Waals surface area contributed by atoms with E-state index in [1.54, 1.807) is 0 Å². The molecular weight excluding hydrogens is 264 g/mol. The molecule has 0 saturated carbocycles. The zero-order valence-electron chi connectivity index (χ0n) is 10.8. The van der Waals surface area contributed by atoms with Crippen molar-refractivity contribution in [2.45, 2.75) is 45.7 Å². The van der Waals surface area contributed by atoms with Crippen molar-refractivity contribution in [2.24, 2.45) is 5.92 Å². The molecule has 0 amide bonds. The molecule has 1 N–H and O–H groups in total. The molecular formula is C13H25BrN2. The molecule has 0 aromatic heterocycles. The molecule has 0 aliphatic carbocycles. The lowest BCUT2D eigenvalue weighted by Gasteiger charge is -2.42. The molecule has 1 heterocycles. The van der Waals surface area contributed by atoms with E-state index in [1.807, 2.05) is 0 Å². The summed E-state index contributed by atoms with van der Waals surface area (Å²) in [6, 6.07) is 1.30. The summed E-state index contributed by atoms with van der Waals surface area (Å²) >= 11 is 3.49. The molecule has 1 aliphatic heterocycles. The number of nitrogens with zero attached hydrogens (tertiary/aromatic N) is 1. The van der Waals surface area contributed by atoms with Gasteiger partial charge in [-0.05, 0) is 12.3 Å². The maximum Gasteiger partial charge on any atom is 0.0298 e. The van der Waals surface area contributed by atoms with E-state index >= 15 is 0 Å². The Morgan fingerprint density at radius 3 is 2.75 bits per heavy atom. The Bertz CT molecular complexity index is 228. The van der Waals surface area contributed by atoms with E-state index < -0.39 is 0 Å². The average molecular weight is 289 g/mol. The number of rotatable bonds is 5. The van der Waals surface area contributed by atoms with Crippen LogP contribution in [0.15, 0.2) is 11.1 Å². The molecule has 0 spiro atoms. The zero-order valence-corrected chi connectivity index (χ0v) is 12.4. The van der Waals surface area contributed by atoms with E-state index in [0.29, 0.717) is 18.0 Å². The average Bonchev–Trinajstić information content (AvgIpc) is 2.16. The van der Waals surface area contributed by atoms with Crippen LogP contribution < -0.4 is 5.32 Å². The van der Waals surface area contributed by atoms with Gasteiger partial charge in [0.05, 0.1) is 0 Å². The van der Waals surface area contributed by atoms with Crippen molar-refractivity contribution in [3.63, 3.8) is 0 Å². The van der Waals surface area contributed by atoms with Crippen molar-refractivity contribution in [1.29, 1.82) is 0 Å². The van der Waals surface area contributed by atoms with Gasteiger partial charge in [-0.3, -0.25) is 4.90 Å². The Morgan fingerprint density at radius 1 is 1.56 bits per heavy atom. The Kier molecular flexibility index (Phi) is 6.01. The van der Waals surface area contributed by atoms with Crippen LogP contribution >= 0.6 is 15.9 Å². The predicted molar refractivity (Wildman–Crippen MR) is 75.0 cm³/mol. The molecule has 0 aromatic carbocycles. The number of hydrogen-bond acceptors (Lipinski definition) is 2. The number of halogens is 1. The van der Waals surface area contributed by atoms with Gasteiger partial charge in [0.25, 0.3) is 0 Å². The van der Waals surface area contributed by atoms with Gasteiger partial charge in [-0.25, -0.2) is 0 Å². The van der Waals surface area contributed by atoms with E-state index in [0.717, 1.165) is 24.1 Å². The molecule has 1 rings (SSSR count). The normalized spacial score (nSPS) is 27.3. The monoisotopic (exact) mass is 288 g/mol. The Morgan fingerprint density at radius 2 is 2.25 bits per heavy atom. The minimum Gasteiger partial charge on any atom is -0.311 e. The number of hydrogen-bond donors (Lipinski definition) is 1. The maximum atomic E-state index is 3.97. The smallest absolute Gasteiger partial charge is 0.0298 e. The maximum absolute atomic E-state index is 3.97. The van der Waals surface area contributed by atoms with Crippen LogP contribution in [-0.4, -0.2) is 36.6 Å². The van der Waals surface area contributed by atoms with Crippen LogP contribution in [0.25, 0.3) is 0 Å². The SMILES string of the molecule is C=C(Br)CN1CC(CCC)NCC1C(C)C. The quantitative estimate of drug-likeness (QED) is 0.837. The van der Waals surface area contributed by atoms with Crippen molar-refractivity contribution in [2.75, 3.05) is 19.6 Å². The molecule has 2 unspecified atom stereocenters. The largest absolute Gasteiger partial charge is 0.311 e. The summed E-state index contributed by atoms with van der Waals surface area (Å²) in [7, 11) is 0. The summed E-state index contributed by atoms with van der Waals surface area (Å²) < 4.78 is 1.09. The first kappa shape index (κ1) is 14.2. The second-order valence-corrected chi connectivity index (χ2v) is 6.27. The highest BCUT2D eigenvalue weighted by molar-refractivity contribution is 9.11. The minimum absolute atomic E-state index is 0.641. The fourth-order valence-electron chi connectivity index (χ4n) is 2.50. The molecule has 16 heavy (non-hydrogen) atoms. The highest BCUT2D eigenvalue weighted by atomic mass is 79.9. The van der Waals surface area contributed by atoms with Crippen LogP contribution in [0.1, 0.15) is 33.6 Å². The van der Waals surface area contributed by atoms with Crippen molar-refractivity contribution in [1.82, 2.24) is 10.2 Å². The third-order valence-corrected chi connectivity index (χ3v) is 3.57. The molecule has 0 bridgehead atoms. The lowest BCUT2D eigenvalue weighted by Crippen LogP contribution is -2.58. The van der Waals surface area contributed by atoms with Gasteiger partial charge in [0.15, 0.2) is 0 Å². The predicted octanol–water partition coefficient (Wildman–Crippen LogP) is 2.99. The summed E-state index contributed by atoms with van der Waals surface area (Å²) in [4.78, 5) is 2.57. The summed E-state index contributed by atoms with van der Waals surface area (Å²) in [5.74, 6) is 0.696. The lowest BCUT2D eigenvalue weighted by molar-refractivity contribution is 0.108. The third kappa shape index (κ3) is 4.19. The first-order valence-corrected chi connectivity index (χ1v) is 7.14. The molecule has 1 saturated heterocycles. The second kappa shape index (κ2) is 6.77. The first-order chi connectivity index (χ1) is 7.54. The van der Waals surface area contributed by atoms with Crippen LogP contribution in [0, 0.1) is 5.92 Å². The van der Waals surface area contributed by atoms with Crippen LogP contribution in [0.4, 0.5) is 0 Å². The minimum atomic E-state index is 0.641. The molecule has 1 fully saturated rings. The standard InChI is InChI=1S/C13H25BrN2/c1-5-6-12-9-16(8-11(4)14)13(7-15-12)10(2)3/h10,12-13,15H,4-9H2,1-3H3. The molecule has 94 valence electrons. The van der Waals surface area contributed by atoms with Gasteiger partial charge in [0.1, 0.15) is 0 Å². The Balaban J connectivity index is 2.57. The van der Waals surface area contributed by atoms with Crippen LogP contribution in [0.5, 0.6) is 0 Å². The highest BCUT2D eigenvalue weighted by Gasteiger charge is 2.29. The fourth-order valence-corrected chi connectivity index (χ4v) is 2.82. The van der Waals surface area contributed by atoms with Crippen LogP contribution in [0.3, 0.4) is 0 Å². The topological polar surface area (TPSA) is 15.3 Å². The van der Waals surface area contributed by atoms with Crippen molar-refractivity contribution < 1.29 is 0 Å². The molecule has 3 heteroatoms.